The Kier molecular flexibility index (Phi) is 7.73. The van der Waals surface area contributed by atoms with Gasteiger partial charge in [0, 0.05) is 42.2 Å². The van der Waals surface area contributed by atoms with Gasteiger partial charge in [-0.2, -0.15) is 0 Å². The van der Waals surface area contributed by atoms with Gasteiger partial charge < -0.3 is 5.11 Å². The quantitative estimate of drug-likeness (QED) is 0.474. The van der Waals surface area contributed by atoms with Crippen LogP contribution in [0.3, 0.4) is 0 Å². The largest absolute Gasteiger partial charge is 0.394 e. The lowest BCUT2D eigenvalue weighted by Crippen LogP contribution is -2.34. The maximum Gasteiger partial charge on any atom is 0.265 e. The molecule has 0 atom stereocenters. The average molecular weight is 472 g/mol. The number of hydrogen-bond donors (Lipinski definition) is 1. The number of sulfonamides is 1. The summed E-state index contributed by atoms with van der Waals surface area (Å²) in [4.78, 5) is 31.5. The lowest BCUT2D eigenvalue weighted by molar-refractivity contribution is -0.109. The number of rotatable bonds is 9. The molecule has 0 aliphatic carbocycles. The first-order valence-electron chi connectivity index (χ1n) is 9.59. The molecule has 1 aromatic carbocycles. The number of thioether (sulfide) groups is 1. The molecule has 0 saturated heterocycles. The van der Waals surface area contributed by atoms with E-state index in [2.05, 4.69) is 9.97 Å². The summed E-state index contributed by atoms with van der Waals surface area (Å²) in [5.41, 5.74) is 1.92. The van der Waals surface area contributed by atoms with E-state index < -0.39 is 16.6 Å². The third kappa shape index (κ3) is 5.58. The Morgan fingerprint density at radius 1 is 1.03 bits per heavy atom. The van der Waals surface area contributed by atoms with E-state index in [0.717, 1.165) is 27.2 Å². The van der Waals surface area contributed by atoms with Crippen molar-refractivity contribution in [2.24, 2.45) is 0 Å². The zero-order chi connectivity index (χ0) is 23.1. The van der Waals surface area contributed by atoms with Crippen molar-refractivity contribution >= 4 is 38.5 Å². The molecule has 166 valence electrons. The molecule has 0 spiro atoms. The van der Waals surface area contributed by atoms with Crippen LogP contribution in [0.2, 0.25) is 0 Å². The minimum absolute atomic E-state index is 0.00866. The minimum Gasteiger partial charge on any atom is -0.394 e. The molecule has 0 saturated carbocycles. The summed E-state index contributed by atoms with van der Waals surface area (Å²) in [7, 11) is -4.03. The van der Waals surface area contributed by atoms with Crippen LogP contribution < -0.4 is 4.31 Å². The summed E-state index contributed by atoms with van der Waals surface area (Å²) in [6.07, 6.45) is 4.87. The Morgan fingerprint density at radius 3 is 2.31 bits per heavy atom. The summed E-state index contributed by atoms with van der Waals surface area (Å²) in [6.45, 7) is 0.794. The van der Waals surface area contributed by atoms with Crippen LogP contribution in [0, 0.1) is 0 Å². The first-order chi connectivity index (χ1) is 15.3. The molecule has 0 aliphatic rings. The van der Waals surface area contributed by atoms with Gasteiger partial charge in [-0.15, -0.1) is 0 Å². The molecular weight excluding hydrogens is 450 g/mol. The Labute approximate surface area is 190 Å². The number of carbonyl (C=O) groups is 2. The Balaban J connectivity index is 1.85. The van der Waals surface area contributed by atoms with Gasteiger partial charge in [-0.05, 0) is 30.3 Å². The zero-order valence-electron chi connectivity index (χ0n) is 17.2. The Morgan fingerprint density at radius 2 is 1.75 bits per heavy atom. The fourth-order valence-corrected chi connectivity index (χ4v) is 4.79. The number of aromatic nitrogens is 2. The second-order valence-corrected chi connectivity index (χ2v) is 9.69. The normalized spacial score (nSPS) is 11.2. The number of hydrogen-bond acceptors (Lipinski definition) is 8. The number of benzene rings is 1. The van der Waals surface area contributed by atoms with Gasteiger partial charge in [0.15, 0.2) is 10.9 Å². The molecule has 0 bridgehead atoms. The molecule has 0 aliphatic heterocycles. The van der Waals surface area contributed by atoms with Gasteiger partial charge in [0.1, 0.15) is 5.82 Å². The first kappa shape index (κ1) is 23.6. The van der Waals surface area contributed by atoms with Crippen molar-refractivity contribution in [2.75, 3.05) is 23.2 Å². The molecule has 0 fully saturated rings. The van der Waals surface area contributed by atoms with Crippen molar-refractivity contribution in [3.63, 3.8) is 0 Å². The SMILES string of the molecule is CC(=O)SCC(=O)c1ccc(S(=O)(=O)N(CCO)c2ccc(-c3cccnc3)cn2)cc1. The van der Waals surface area contributed by atoms with Gasteiger partial charge in [0.2, 0.25) is 0 Å². The van der Waals surface area contributed by atoms with Crippen LogP contribution in [0.15, 0.2) is 72.0 Å². The van der Waals surface area contributed by atoms with Gasteiger partial charge in [0.05, 0.1) is 23.8 Å². The van der Waals surface area contributed by atoms with E-state index in [1.54, 1.807) is 36.8 Å². The lowest BCUT2D eigenvalue weighted by atomic mass is 10.1. The average Bonchev–Trinajstić information content (AvgIpc) is 2.81. The molecule has 0 radical (unpaired) electrons. The molecule has 1 N–H and O–H groups in total. The molecular formula is C22H21N3O5S2. The third-order valence-corrected chi connectivity index (χ3v) is 7.10. The highest BCUT2D eigenvalue weighted by Crippen LogP contribution is 2.25. The van der Waals surface area contributed by atoms with E-state index >= 15 is 0 Å². The van der Waals surface area contributed by atoms with Crippen molar-refractivity contribution in [3.05, 3.63) is 72.7 Å². The van der Waals surface area contributed by atoms with E-state index in [4.69, 9.17) is 0 Å². The summed E-state index contributed by atoms with van der Waals surface area (Å²) < 4.78 is 27.4. The van der Waals surface area contributed by atoms with Crippen LogP contribution in [-0.4, -0.2) is 53.3 Å². The lowest BCUT2D eigenvalue weighted by Gasteiger charge is -2.23. The predicted octanol–water partition coefficient (Wildman–Crippen LogP) is 2.79. The predicted molar refractivity (Wildman–Crippen MR) is 123 cm³/mol. The van der Waals surface area contributed by atoms with E-state index in [-0.39, 0.29) is 33.9 Å². The van der Waals surface area contributed by atoms with Crippen molar-refractivity contribution in [1.82, 2.24) is 9.97 Å². The fourth-order valence-electron chi connectivity index (χ4n) is 2.88. The molecule has 2 aromatic heterocycles. The maximum atomic E-state index is 13.2. The number of carbonyl (C=O) groups excluding carboxylic acids is 2. The van der Waals surface area contributed by atoms with Gasteiger partial charge in [-0.3, -0.25) is 14.6 Å². The topological polar surface area (TPSA) is 118 Å². The number of ketones is 1. The molecule has 0 amide bonds. The summed E-state index contributed by atoms with van der Waals surface area (Å²) in [5.74, 6) is -0.121. The smallest absolute Gasteiger partial charge is 0.265 e. The van der Waals surface area contributed by atoms with Crippen LogP contribution in [0.5, 0.6) is 0 Å². The molecule has 3 aromatic rings. The number of Topliss-reactive ketones (excluding diaryl/α,β-unsaturated/α-hetero) is 1. The third-order valence-electron chi connectivity index (χ3n) is 4.47. The molecule has 3 rings (SSSR count). The number of pyridine rings is 2. The van der Waals surface area contributed by atoms with Gasteiger partial charge >= 0.3 is 0 Å². The summed E-state index contributed by atoms with van der Waals surface area (Å²) in [6, 6.07) is 12.4. The van der Waals surface area contributed by atoms with E-state index in [9.17, 15) is 23.1 Å². The van der Waals surface area contributed by atoms with Gasteiger partial charge in [-0.1, -0.05) is 30.0 Å². The minimum atomic E-state index is -4.03. The van der Waals surface area contributed by atoms with Crippen molar-refractivity contribution in [3.8, 4) is 11.1 Å². The van der Waals surface area contributed by atoms with Crippen molar-refractivity contribution in [1.29, 1.82) is 0 Å². The molecule has 8 nitrogen and oxygen atoms in total. The monoisotopic (exact) mass is 471 g/mol. The van der Waals surface area contributed by atoms with E-state index in [1.165, 1.54) is 31.2 Å². The second-order valence-electron chi connectivity index (χ2n) is 6.68. The van der Waals surface area contributed by atoms with Crippen LogP contribution in [0.25, 0.3) is 11.1 Å². The number of nitrogens with zero attached hydrogens (tertiary/aromatic N) is 3. The highest BCUT2D eigenvalue weighted by Gasteiger charge is 2.26. The van der Waals surface area contributed by atoms with E-state index in [0.29, 0.717) is 5.56 Å². The molecule has 10 heteroatoms. The molecule has 32 heavy (non-hydrogen) atoms. The Bertz CT molecular complexity index is 1180. The Hall–Kier alpha value is -3.08. The first-order valence-corrected chi connectivity index (χ1v) is 12.0. The maximum absolute atomic E-state index is 13.2. The van der Waals surface area contributed by atoms with E-state index in [1.807, 2.05) is 6.07 Å². The summed E-state index contributed by atoms with van der Waals surface area (Å²) in [5, 5.41) is 9.28. The standard InChI is InChI=1S/C22H21N3O5S2/c1-16(27)31-15-21(28)17-4-7-20(8-5-17)32(29,30)25(11-12-26)22-9-6-19(14-24-22)18-3-2-10-23-13-18/h2-10,13-14,26H,11-12,15H2,1H3. The number of aliphatic hydroxyl groups excluding tert-OH is 1. The van der Waals surface area contributed by atoms with Crippen LogP contribution in [0.4, 0.5) is 5.82 Å². The fraction of sp³-hybridized carbons (Fsp3) is 0.182. The number of anilines is 1. The van der Waals surface area contributed by atoms with Crippen molar-refractivity contribution in [2.45, 2.75) is 11.8 Å². The molecule has 0 unspecified atom stereocenters. The van der Waals surface area contributed by atoms with Gasteiger partial charge in [0.25, 0.3) is 10.0 Å². The molecule has 2 heterocycles. The van der Waals surface area contributed by atoms with Crippen LogP contribution in [0.1, 0.15) is 17.3 Å². The van der Waals surface area contributed by atoms with Gasteiger partial charge in [-0.25, -0.2) is 17.7 Å². The van der Waals surface area contributed by atoms with Crippen LogP contribution in [-0.2, 0) is 14.8 Å². The number of aliphatic hydroxyl groups is 1. The van der Waals surface area contributed by atoms with Crippen molar-refractivity contribution < 1.29 is 23.1 Å². The zero-order valence-corrected chi connectivity index (χ0v) is 18.8. The second kappa shape index (κ2) is 10.5. The highest BCUT2D eigenvalue weighted by molar-refractivity contribution is 8.14. The van der Waals surface area contributed by atoms with Crippen LogP contribution >= 0.6 is 11.8 Å². The highest BCUT2D eigenvalue weighted by atomic mass is 32.2. The summed E-state index contributed by atoms with van der Waals surface area (Å²) >= 11 is 0.897.